The molecule has 2 N–H and O–H groups in total. The van der Waals surface area contributed by atoms with Crippen molar-refractivity contribution in [3.63, 3.8) is 0 Å². The number of alkyl halides is 3. The Morgan fingerprint density at radius 3 is 2.45 bits per heavy atom. The van der Waals surface area contributed by atoms with Gasteiger partial charge in [-0.2, -0.15) is 13.2 Å². The summed E-state index contributed by atoms with van der Waals surface area (Å²) in [4.78, 5) is 11.0. The zero-order chi connectivity index (χ0) is 21.3. The molecule has 0 aliphatic rings. The first-order chi connectivity index (χ1) is 13.6. The van der Waals surface area contributed by atoms with E-state index < -0.39 is 35.2 Å². The smallest absolute Gasteiger partial charge is 0.354 e. The Kier molecular flexibility index (Phi) is 6.04. The van der Waals surface area contributed by atoms with Crippen LogP contribution in [-0.4, -0.2) is 21.2 Å². The quantitative estimate of drug-likeness (QED) is 0.372. The van der Waals surface area contributed by atoms with Gasteiger partial charge >= 0.3 is 6.18 Å². The van der Waals surface area contributed by atoms with Gasteiger partial charge in [0.1, 0.15) is 22.7 Å². The van der Waals surface area contributed by atoms with Gasteiger partial charge in [0.15, 0.2) is 11.6 Å². The number of imidazole rings is 1. The molecular weight excluding hydrogens is 435 g/mol. The van der Waals surface area contributed by atoms with Crippen LogP contribution in [0.1, 0.15) is 28.7 Å². The Labute approximate surface area is 171 Å². The van der Waals surface area contributed by atoms with Crippen molar-refractivity contribution in [3.8, 4) is 0 Å². The van der Waals surface area contributed by atoms with E-state index in [2.05, 4.69) is 20.3 Å². The Morgan fingerprint density at radius 1 is 1.17 bits per heavy atom. The lowest BCUT2D eigenvalue weighted by Gasteiger charge is -2.19. The second kappa shape index (κ2) is 8.19. The number of pyridine rings is 1. The van der Waals surface area contributed by atoms with Gasteiger partial charge in [0.2, 0.25) is 0 Å². The average molecular weight is 449 g/mol. The number of nitrogens with one attached hydrogen (secondary N) is 2. The summed E-state index contributed by atoms with van der Waals surface area (Å²) in [5, 5.41) is 3.25. The Hall–Kier alpha value is -2.33. The maximum absolute atomic E-state index is 14.3. The zero-order valence-electron chi connectivity index (χ0n) is 15.0. The van der Waals surface area contributed by atoms with Crippen molar-refractivity contribution in [2.45, 2.75) is 24.2 Å². The number of rotatable bonds is 5. The molecule has 2 heterocycles. The molecule has 0 spiro atoms. The monoisotopic (exact) mass is 448 g/mol. The molecule has 0 fully saturated rings. The van der Waals surface area contributed by atoms with Crippen LogP contribution in [-0.2, 0) is 6.18 Å². The van der Waals surface area contributed by atoms with Crippen molar-refractivity contribution in [2.75, 3.05) is 11.6 Å². The predicted molar refractivity (Wildman–Crippen MR) is 101 cm³/mol. The second-order valence-electron chi connectivity index (χ2n) is 6.06. The summed E-state index contributed by atoms with van der Waals surface area (Å²) in [5.41, 5.74) is -0.0484. The molecule has 11 heteroatoms. The van der Waals surface area contributed by atoms with Crippen molar-refractivity contribution >= 4 is 29.2 Å². The first-order valence-corrected chi connectivity index (χ1v) is 9.75. The van der Waals surface area contributed by atoms with E-state index >= 15 is 0 Å². The molecule has 0 aliphatic heterocycles. The molecule has 29 heavy (non-hydrogen) atoms. The highest BCUT2D eigenvalue weighted by Gasteiger charge is 2.32. The minimum Gasteiger partial charge on any atom is -0.354 e. The van der Waals surface area contributed by atoms with Gasteiger partial charge in [-0.05, 0) is 36.9 Å². The first kappa shape index (κ1) is 21.4. The van der Waals surface area contributed by atoms with E-state index in [0.717, 1.165) is 11.8 Å². The Morgan fingerprint density at radius 2 is 1.90 bits per heavy atom. The number of halogens is 6. The van der Waals surface area contributed by atoms with Gasteiger partial charge in [-0.15, -0.1) is 11.8 Å². The SMILES string of the molecule is CSc1nc(C(Nc2ncc(C(F)(F)F)cc2F)c2ccc(F)c(Cl)c2)[nH]c1C. The lowest BCUT2D eigenvalue weighted by Crippen LogP contribution is -2.17. The predicted octanol–water partition coefficient (Wildman–Crippen LogP) is 5.99. The van der Waals surface area contributed by atoms with E-state index in [1.54, 1.807) is 6.92 Å². The molecule has 154 valence electrons. The lowest BCUT2D eigenvalue weighted by atomic mass is 10.1. The molecule has 0 bridgehead atoms. The molecule has 3 aromatic rings. The van der Waals surface area contributed by atoms with Crippen molar-refractivity contribution in [1.29, 1.82) is 0 Å². The third kappa shape index (κ3) is 4.64. The maximum atomic E-state index is 14.3. The second-order valence-corrected chi connectivity index (χ2v) is 7.26. The van der Waals surface area contributed by atoms with Gasteiger partial charge in [0, 0.05) is 11.9 Å². The molecule has 1 aromatic carbocycles. The molecule has 0 saturated heterocycles. The van der Waals surface area contributed by atoms with E-state index in [4.69, 9.17) is 11.6 Å². The summed E-state index contributed by atoms with van der Waals surface area (Å²) < 4.78 is 66.2. The highest BCUT2D eigenvalue weighted by molar-refractivity contribution is 7.98. The van der Waals surface area contributed by atoms with E-state index in [-0.39, 0.29) is 5.02 Å². The van der Waals surface area contributed by atoms with Crippen LogP contribution in [0.3, 0.4) is 0 Å². The molecule has 0 aliphatic carbocycles. The molecular formula is C18H14ClF5N4S. The number of aromatic nitrogens is 3. The number of nitrogens with zero attached hydrogens (tertiary/aromatic N) is 2. The average Bonchev–Trinajstić information content (AvgIpc) is 3.02. The van der Waals surface area contributed by atoms with Crippen molar-refractivity contribution in [1.82, 2.24) is 15.0 Å². The molecule has 0 amide bonds. The van der Waals surface area contributed by atoms with Crippen LogP contribution in [0.25, 0.3) is 0 Å². The lowest BCUT2D eigenvalue weighted by molar-refractivity contribution is -0.138. The van der Waals surface area contributed by atoms with Gasteiger partial charge in [-0.25, -0.2) is 18.7 Å². The summed E-state index contributed by atoms with van der Waals surface area (Å²) in [5.74, 6) is -1.90. The maximum Gasteiger partial charge on any atom is 0.417 e. The fourth-order valence-electron chi connectivity index (χ4n) is 2.64. The minimum atomic E-state index is -4.72. The summed E-state index contributed by atoms with van der Waals surface area (Å²) in [6.45, 7) is 1.79. The summed E-state index contributed by atoms with van der Waals surface area (Å²) >= 11 is 7.24. The van der Waals surface area contributed by atoms with E-state index in [1.807, 2.05) is 6.26 Å². The number of anilines is 1. The number of hydrogen-bond acceptors (Lipinski definition) is 4. The van der Waals surface area contributed by atoms with Crippen molar-refractivity contribution in [3.05, 3.63) is 69.8 Å². The van der Waals surface area contributed by atoms with Crippen LogP contribution in [0.5, 0.6) is 0 Å². The normalized spacial score (nSPS) is 12.8. The van der Waals surface area contributed by atoms with Crippen LogP contribution in [0.2, 0.25) is 5.02 Å². The zero-order valence-corrected chi connectivity index (χ0v) is 16.6. The number of H-pyrrole nitrogens is 1. The Balaban J connectivity index is 2.04. The summed E-state index contributed by atoms with van der Waals surface area (Å²) in [7, 11) is 0. The van der Waals surface area contributed by atoms with Crippen LogP contribution >= 0.6 is 23.4 Å². The van der Waals surface area contributed by atoms with Gasteiger partial charge in [-0.3, -0.25) is 0 Å². The third-order valence-electron chi connectivity index (χ3n) is 4.05. The largest absolute Gasteiger partial charge is 0.417 e. The van der Waals surface area contributed by atoms with Gasteiger partial charge in [-0.1, -0.05) is 17.7 Å². The van der Waals surface area contributed by atoms with Crippen LogP contribution in [0, 0.1) is 18.6 Å². The number of aromatic amines is 1. The molecule has 2 aromatic heterocycles. The molecule has 0 radical (unpaired) electrons. The van der Waals surface area contributed by atoms with Crippen molar-refractivity contribution in [2.24, 2.45) is 0 Å². The van der Waals surface area contributed by atoms with E-state index in [0.29, 0.717) is 28.7 Å². The topological polar surface area (TPSA) is 53.6 Å². The van der Waals surface area contributed by atoms with Gasteiger partial charge in [0.25, 0.3) is 0 Å². The van der Waals surface area contributed by atoms with Crippen LogP contribution in [0.15, 0.2) is 35.5 Å². The third-order valence-corrected chi connectivity index (χ3v) is 5.13. The number of aryl methyl sites for hydroxylation is 1. The Bertz CT molecular complexity index is 1040. The highest BCUT2D eigenvalue weighted by atomic mass is 35.5. The molecule has 1 atom stereocenters. The van der Waals surface area contributed by atoms with E-state index in [1.165, 1.54) is 23.9 Å². The van der Waals surface area contributed by atoms with Crippen molar-refractivity contribution < 1.29 is 22.0 Å². The number of thioether (sulfide) groups is 1. The highest BCUT2D eigenvalue weighted by Crippen LogP contribution is 2.33. The molecule has 4 nitrogen and oxygen atoms in total. The fraction of sp³-hybridized carbons (Fsp3) is 0.222. The molecule has 1 unspecified atom stereocenters. The fourth-order valence-corrected chi connectivity index (χ4v) is 3.38. The standard InChI is InChI=1S/C18H14ClF5N4S/c1-8-17(29-2)28-16(26-8)14(9-3-4-12(20)11(19)5-9)27-15-13(21)6-10(7-25-15)18(22,23)24/h3-7,14H,1-2H3,(H,25,27)(H,26,28). The number of hydrogen-bond donors (Lipinski definition) is 2. The minimum absolute atomic E-state index is 0.163. The van der Waals surface area contributed by atoms with Gasteiger partial charge < -0.3 is 10.3 Å². The first-order valence-electron chi connectivity index (χ1n) is 8.15. The van der Waals surface area contributed by atoms with Crippen LogP contribution in [0.4, 0.5) is 27.8 Å². The number of benzene rings is 1. The van der Waals surface area contributed by atoms with Gasteiger partial charge in [0.05, 0.1) is 10.6 Å². The molecule has 3 rings (SSSR count). The molecule has 0 saturated carbocycles. The summed E-state index contributed by atoms with van der Waals surface area (Å²) in [6, 6.07) is 3.36. The summed E-state index contributed by atoms with van der Waals surface area (Å²) in [6.07, 6.45) is -2.37. The van der Waals surface area contributed by atoms with Crippen LogP contribution < -0.4 is 5.32 Å². The van der Waals surface area contributed by atoms with E-state index in [9.17, 15) is 22.0 Å².